The first-order valence-electron chi connectivity index (χ1n) is 6.51. The van der Waals surface area contributed by atoms with Crippen LogP contribution in [0.25, 0.3) is 0 Å². The van der Waals surface area contributed by atoms with Gasteiger partial charge in [0.1, 0.15) is 6.33 Å². The van der Waals surface area contributed by atoms with Crippen LogP contribution in [0.1, 0.15) is 28.9 Å². The van der Waals surface area contributed by atoms with Crippen LogP contribution in [0.4, 0.5) is 5.95 Å². The van der Waals surface area contributed by atoms with Crippen molar-refractivity contribution < 1.29 is 0 Å². The number of thiophene rings is 1. The second-order valence-electron chi connectivity index (χ2n) is 4.78. The van der Waals surface area contributed by atoms with Crippen molar-refractivity contribution in [3.8, 4) is 0 Å². The van der Waals surface area contributed by atoms with Gasteiger partial charge in [-0.3, -0.25) is 4.98 Å². The minimum absolute atomic E-state index is 0.215. The van der Waals surface area contributed by atoms with Crippen LogP contribution in [0, 0.1) is 0 Å². The molecule has 1 aliphatic rings. The summed E-state index contributed by atoms with van der Waals surface area (Å²) in [6.45, 7) is 0. The average molecular weight is 283 g/mol. The second kappa shape index (κ2) is 4.72. The average Bonchev–Trinajstić information content (AvgIpc) is 3.18. The van der Waals surface area contributed by atoms with Crippen LogP contribution in [-0.2, 0) is 0 Å². The van der Waals surface area contributed by atoms with Crippen LogP contribution in [0.2, 0.25) is 0 Å². The molecule has 3 aromatic heterocycles. The summed E-state index contributed by atoms with van der Waals surface area (Å²) in [6.07, 6.45) is 6.26. The van der Waals surface area contributed by atoms with Gasteiger partial charge in [0.05, 0.1) is 12.1 Å². The van der Waals surface area contributed by atoms with Crippen LogP contribution >= 0.6 is 11.3 Å². The first-order valence-corrected chi connectivity index (χ1v) is 7.39. The van der Waals surface area contributed by atoms with Crippen LogP contribution in [0.3, 0.4) is 0 Å². The van der Waals surface area contributed by atoms with E-state index in [1.807, 2.05) is 16.9 Å². The number of nitrogens with zero attached hydrogens (tertiary/aromatic N) is 4. The van der Waals surface area contributed by atoms with E-state index in [1.165, 1.54) is 10.4 Å². The second-order valence-corrected chi connectivity index (χ2v) is 5.76. The Hall–Kier alpha value is -2.21. The van der Waals surface area contributed by atoms with Crippen LogP contribution in [0.15, 0.2) is 48.4 Å². The Morgan fingerprint density at radius 3 is 3.10 bits per heavy atom. The minimum Gasteiger partial charge on any atom is -0.347 e. The van der Waals surface area contributed by atoms with E-state index in [2.05, 4.69) is 44.0 Å². The van der Waals surface area contributed by atoms with Crippen molar-refractivity contribution in [2.24, 2.45) is 0 Å². The van der Waals surface area contributed by atoms with E-state index in [4.69, 9.17) is 0 Å². The van der Waals surface area contributed by atoms with Gasteiger partial charge in [-0.25, -0.2) is 4.68 Å². The monoisotopic (exact) mass is 283 g/mol. The molecular weight excluding hydrogens is 270 g/mol. The molecule has 5 nitrogen and oxygen atoms in total. The Morgan fingerprint density at radius 1 is 1.30 bits per heavy atom. The van der Waals surface area contributed by atoms with Gasteiger partial charge < -0.3 is 5.32 Å². The summed E-state index contributed by atoms with van der Waals surface area (Å²) >= 11 is 1.76. The van der Waals surface area contributed by atoms with Gasteiger partial charge in [-0.1, -0.05) is 12.1 Å². The molecule has 4 heterocycles. The molecule has 0 aromatic carbocycles. The predicted molar refractivity (Wildman–Crippen MR) is 77.7 cm³/mol. The largest absolute Gasteiger partial charge is 0.347 e. The van der Waals surface area contributed by atoms with E-state index >= 15 is 0 Å². The molecule has 0 radical (unpaired) electrons. The molecular formula is C14H13N5S. The summed E-state index contributed by atoms with van der Waals surface area (Å²) in [6, 6.07) is 8.76. The fourth-order valence-corrected chi connectivity index (χ4v) is 3.46. The fourth-order valence-electron chi connectivity index (χ4n) is 2.64. The molecule has 2 atom stereocenters. The molecule has 6 heteroatoms. The van der Waals surface area contributed by atoms with Gasteiger partial charge in [-0.05, 0) is 29.5 Å². The van der Waals surface area contributed by atoms with Gasteiger partial charge in [-0.15, -0.1) is 11.3 Å². The number of rotatable bonds is 2. The third-order valence-electron chi connectivity index (χ3n) is 3.59. The van der Waals surface area contributed by atoms with Crippen molar-refractivity contribution >= 4 is 17.3 Å². The Balaban J connectivity index is 1.74. The van der Waals surface area contributed by atoms with E-state index in [0.717, 1.165) is 12.4 Å². The van der Waals surface area contributed by atoms with Gasteiger partial charge in [0, 0.05) is 17.3 Å². The van der Waals surface area contributed by atoms with Crippen molar-refractivity contribution in [3.63, 3.8) is 0 Å². The predicted octanol–water partition coefficient (Wildman–Crippen LogP) is 2.88. The van der Waals surface area contributed by atoms with E-state index in [0.29, 0.717) is 0 Å². The molecule has 3 aromatic rings. The van der Waals surface area contributed by atoms with Gasteiger partial charge in [0.2, 0.25) is 5.95 Å². The molecule has 1 N–H and O–H groups in total. The quantitative estimate of drug-likeness (QED) is 0.785. The van der Waals surface area contributed by atoms with Gasteiger partial charge in [0.15, 0.2) is 0 Å². The molecule has 0 unspecified atom stereocenters. The van der Waals surface area contributed by atoms with E-state index in [9.17, 15) is 0 Å². The highest BCUT2D eigenvalue weighted by Gasteiger charge is 2.30. The summed E-state index contributed by atoms with van der Waals surface area (Å²) in [5.41, 5.74) is 1.18. The molecule has 20 heavy (non-hydrogen) atoms. The summed E-state index contributed by atoms with van der Waals surface area (Å²) in [5.74, 6) is 0.823. The van der Waals surface area contributed by atoms with E-state index in [1.54, 1.807) is 23.9 Å². The number of pyridine rings is 1. The first kappa shape index (κ1) is 11.6. The number of hydrogen-bond acceptors (Lipinski definition) is 5. The maximum absolute atomic E-state index is 4.36. The minimum atomic E-state index is 0.215. The molecule has 1 aliphatic heterocycles. The van der Waals surface area contributed by atoms with Crippen molar-refractivity contribution in [1.82, 2.24) is 19.7 Å². The zero-order chi connectivity index (χ0) is 13.4. The van der Waals surface area contributed by atoms with Crippen molar-refractivity contribution in [3.05, 3.63) is 58.8 Å². The highest BCUT2D eigenvalue weighted by Crippen LogP contribution is 2.38. The Labute approximate surface area is 120 Å². The number of fused-ring (bicyclic) bond motifs is 1. The molecule has 0 saturated heterocycles. The maximum atomic E-state index is 4.36. The standard InChI is InChI=1S/C14H13N5S/c1-3-10(8-15-5-1)11-7-12(13-4-2-6-20-13)19-14(18-11)16-9-17-19/h1-6,8-9,11-12H,7H2,(H,16,17,18)/t11-,12+/m1/s1. The number of nitrogens with one attached hydrogen (secondary N) is 1. The fraction of sp³-hybridized carbons (Fsp3) is 0.214. The maximum Gasteiger partial charge on any atom is 0.222 e. The SMILES string of the molecule is c1cncc([C@H]2C[C@@H](c3cccs3)n3ncnc3N2)c1. The molecule has 0 bridgehead atoms. The van der Waals surface area contributed by atoms with Crippen molar-refractivity contribution in [2.45, 2.75) is 18.5 Å². The Kier molecular flexibility index (Phi) is 2.74. The molecule has 0 fully saturated rings. The third-order valence-corrected chi connectivity index (χ3v) is 4.56. The van der Waals surface area contributed by atoms with Gasteiger partial charge in [-0.2, -0.15) is 10.1 Å². The van der Waals surface area contributed by atoms with Crippen molar-refractivity contribution in [1.29, 1.82) is 0 Å². The van der Waals surface area contributed by atoms with Crippen LogP contribution in [0.5, 0.6) is 0 Å². The summed E-state index contributed by atoms with van der Waals surface area (Å²) in [5, 5.41) is 9.90. The smallest absolute Gasteiger partial charge is 0.222 e. The zero-order valence-corrected chi connectivity index (χ0v) is 11.5. The van der Waals surface area contributed by atoms with E-state index < -0.39 is 0 Å². The lowest BCUT2D eigenvalue weighted by molar-refractivity contribution is 0.436. The molecule has 0 spiro atoms. The lowest BCUT2D eigenvalue weighted by Crippen LogP contribution is -2.27. The van der Waals surface area contributed by atoms with Crippen LogP contribution in [-0.4, -0.2) is 19.7 Å². The van der Waals surface area contributed by atoms with Gasteiger partial charge in [0.25, 0.3) is 0 Å². The zero-order valence-electron chi connectivity index (χ0n) is 10.7. The number of anilines is 1. The number of aromatic nitrogens is 4. The highest BCUT2D eigenvalue weighted by molar-refractivity contribution is 7.10. The Bertz CT molecular complexity index is 691. The van der Waals surface area contributed by atoms with Crippen LogP contribution < -0.4 is 5.32 Å². The molecule has 100 valence electrons. The summed E-state index contributed by atoms with van der Waals surface area (Å²) in [7, 11) is 0. The summed E-state index contributed by atoms with van der Waals surface area (Å²) < 4.78 is 1.97. The molecule has 0 amide bonds. The highest BCUT2D eigenvalue weighted by atomic mass is 32.1. The lowest BCUT2D eigenvalue weighted by Gasteiger charge is -2.30. The lowest BCUT2D eigenvalue weighted by atomic mass is 9.98. The molecule has 0 saturated carbocycles. The molecule has 0 aliphatic carbocycles. The van der Waals surface area contributed by atoms with Gasteiger partial charge >= 0.3 is 0 Å². The normalized spacial score (nSPS) is 21.2. The third kappa shape index (κ3) is 1.89. The summed E-state index contributed by atoms with van der Waals surface area (Å²) in [4.78, 5) is 9.84. The first-order chi connectivity index (χ1) is 9.92. The molecule has 4 rings (SSSR count). The van der Waals surface area contributed by atoms with Crippen molar-refractivity contribution in [2.75, 3.05) is 5.32 Å². The van der Waals surface area contributed by atoms with E-state index in [-0.39, 0.29) is 12.1 Å². The number of hydrogen-bond donors (Lipinski definition) is 1. The Morgan fingerprint density at radius 2 is 2.30 bits per heavy atom. The topological polar surface area (TPSA) is 55.6 Å².